The van der Waals surface area contributed by atoms with E-state index in [1.54, 1.807) is 29.8 Å². The summed E-state index contributed by atoms with van der Waals surface area (Å²) in [7, 11) is -3.57. The lowest BCUT2D eigenvalue weighted by atomic mass is 10.1. The number of sulfonamides is 1. The predicted octanol–water partition coefficient (Wildman–Crippen LogP) is 3.59. The largest absolute Gasteiger partial charge is 0.379 e. The van der Waals surface area contributed by atoms with Crippen LogP contribution >= 0.6 is 11.3 Å². The van der Waals surface area contributed by atoms with Crippen LogP contribution in [0.1, 0.15) is 35.3 Å². The summed E-state index contributed by atoms with van der Waals surface area (Å²) in [5.74, 6) is 0.794. The van der Waals surface area contributed by atoms with Crippen molar-refractivity contribution in [3.05, 3.63) is 46.6 Å². The molecule has 0 amide bonds. The molecule has 1 aromatic carbocycles. The Bertz CT molecular complexity index is 1190. The molecule has 1 saturated heterocycles. The molecule has 2 aliphatic rings. The number of nitrogens with zero attached hydrogens (tertiary/aromatic N) is 3. The molecular weight excluding hydrogens is 432 g/mol. The number of aryl methyl sites for hydroxylation is 2. The van der Waals surface area contributed by atoms with Crippen molar-refractivity contribution in [2.24, 2.45) is 0 Å². The van der Waals surface area contributed by atoms with Crippen LogP contribution in [0.25, 0.3) is 10.2 Å². The molecule has 0 radical (unpaired) electrons. The number of rotatable bonds is 5. The molecule has 164 valence electrons. The molecular formula is C22H26N4O3S2. The van der Waals surface area contributed by atoms with Crippen LogP contribution in [0.5, 0.6) is 0 Å². The number of anilines is 1. The van der Waals surface area contributed by atoms with Gasteiger partial charge in [0.25, 0.3) is 0 Å². The summed E-state index contributed by atoms with van der Waals surface area (Å²) >= 11 is 1.77. The first kappa shape index (κ1) is 20.8. The number of thiophene rings is 1. The third-order valence-electron chi connectivity index (χ3n) is 6.01. The van der Waals surface area contributed by atoms with Gasteiger partial charge in [0.2, 0.25) is 10.0 Å². The Balaban J connectivity index is 1.45. The summed E-state index contributed by atoms with van der Waals surface area (Å²) in [5.41, 5.74) is 2.11. The van der Waals surface area contributed by atoms with E-state index in [9.17, 15) is 8.42 Å². The maximum atomic E-state index is 13.2. The van der Waals surface area contributed by atoms with Gasteiger partial charge in [0.15, 0.2) is 0 Å². The van der Waals surface area contributed by atoms with Gasteiger partial charge in [-0.1, -0.05) is 24.6 Å². The Labute approximate surface area is 186 Å². The number of benzene rings is 1. The molecule has 1 N–H and O–H groups in total. The van der Waals surface area contributed by atoms with Crippen molar-refractivity contribution in [3.63, 3.8) is 0 Å². The summed E-state index contributed by atoms with van der Waals surface area (Å²) in [6.07, 6.45) is 7.43. The van der Waals surface area contributed by atoms with Crippen LogP contribution in [0.4, 0.5) is 5.82 Å². The lowest BCUT2D eigenvalue weighted by Gasteiger charge is -2.27. The molecule has 0 saturated carbocycles. The van der Waals surface area contributed by atoms with E-state index >= 15 is 0 Å². The number of fused-ring (bicyclic) bond motifs is 3. The number of morpholine rings is 1. The van der Waals surface area contributed by atoms with Gasteiger partial charge >= 0.3 is 0 Å². The van der Waals surface area contributed by atoms with E-state index in [0.29, 0.717) is 37.7 Å². The Morgan fingerprint density at radius 2 is 1.87 bits per heavy atom. The second kappa shape index (κ2) is 8.82. The van der Waals surface area contributed by atoms with Gasteiger partial charge in [0.05, 0.1) is 23.5 Å². The average molecular weight is 459 g/mol. The highest BCUT2D eigenvalue weighted by Gasteiger charge is 2.28. The van der Waals surface area contributed by atoms with E-state index in [1.165, 1.54) is 34.0 Å². The molecule has 7 nitrogen and oxygen atoms in total. The summed E-state index contributed by atoms with van der Waals surface area (Å²) < 4.78 is 33.3. The highest BCUT2D eigenvalue weighted by atomic mass is 32.2. The first-order valence-electron chi connectivity index (χ1n) is 10.8. The highest BCUT2D eigenvalue weighted by molar-refractivity contribution is 7.89. The van der Waals surface area contributed by atoms with E-state index in [2.05, 4.69) is 15.3 Å². The fourth-order valence-electron chi connectivity index (χ4n) is 4.41. The average Bonchev–Trinajstić information content (AvgIpc) is 3.00. The van der Waals surface area contributed by atoms with Gasteiger partial charge in [0.1, 0.15) is 17.0 Å². The minimum atomic E-state index is -3.57. The zero-order valence-corrected chi connectivity index (χ0v) is 19.0. The Morgan fingerprint density at radius 3 is 2.74 bits per heavy atom. The maximum absolute atomic E-state index is 13.2. The topological polar surface area (TPSA) is 84.4 Å². The minimum Gasteiger partial charge on any atom is -0.379 e. The predicted molar refractivity (Wildman–Crippen MR) is 122 cm³/mol. The van der Waals surface area contributed by atoms with Crippen LogP contribution in [0.2, 0.25) is 0 Å². The zero-order valence-electron chi connectivity index (χ0n) is 17.3. The number of ether oxygens (including phenoxy) is 1. The van der Waals surface area contributed by atoms with Crippen LogP contribution in [-0.2, 0) is 34.1 Å². The molecule has 1 aliphatic carbocycles. The van der Waals surface area contributed by atoms with Crippen molar-refractivity contribution in [3.8, 4) is 0 Å². The van der Waals surface area contributed by atoms with Crippen molar-refractivity contribution in [2.45, 2.75) is 43.5 Å². The first-order chi connectivity index (χ1) is 15.1. The second-order valence-electron chi connectivity index (χ2n) is 7.94. The third kappa shape index (κ3) is 4.07. The van der Waals surface area contributed by atoms with Crippen molar-refractivity contribution in [1.82, 2.24) is 14.3 Å². The van der Waals surface area contributed by atoms with Crippen LogP contribution in [0.15, 0.2) is 35.5 Å². The van der Waals surface area contributed by atoms with Gasteiger partial charge in [-0.25, -0.2) is 18.4 Å². The Hall–Kier alpha value is -2.07. The molecule has 0 atom stereocenters. The fraction of sp³-hybridized carbons (Fsp3) is 0.455. The normalized spacial score (nSPS) is 17.9. The van der Waals surface area contributed by atoms with Gasteiger partial charge in [-0.2, -0.15) is 4.31 Å². The fourth-order valence-corrected chi connectivity index (χ4v) is 7.27. The van der Waals surface area contributed by atoms with Gasteiger partial charge in [-0.3, -0.25) is 0 Å². The van der Waals surface area contributed by atoms with E-state index < -0.39 is 10.0 Å². The summed E-state index contributed by atoms with van der Waals surface area (Å²) in [5, 5.41) is 4.53. The van der Waals surface area contributed by atoms with Gasteiger partial charge < -0.3 is 10.1 Å². The number of nitrogens with one attached hydrogen (secondary N) is 1. The van der Waals surface area contributed by atoms with Gasteiger partial charge in [-0.15, -0.1) is 11.3 Å². The second-order valence-corrected chi connectivity index (χ2v) is 10.9. The molecule has 1 aliphatic heterocycles. The van der Waals surface area contributed by atoms with Crippen LogP contribution in [0, 0.1) is 0 Å². The van der Waals surface area contributed by atoms with Crippen LogP contribution in [0.3, 0.4) is 0 Å². The van der Waals surface area contributed by atoms with Gasteiger partial charge in [-0.05, 0) is 42.9 Å². The summed E-state index contributed by atoms with van der Waals surface area (Å²) in [6, 6.07) is 7.21. The van der Waals surface area contributed by atoms with Crippen molar-refractivity contribution >= 4 is 37.4 Å². The molecule has 0 bridgehead atoms. The lowest BCUT2D eigenvalue weighted by molar-refractivity contribution is 0.0730. The maximum Gasteiger partial charge on any atom is 0.243 e. The minimum absolute atomic E-state index is 0.346. The van der Waals surface area contributed by atoms with Crippen LogP contribution < -0.4 is 5.32 Å². The molecule has 1 fully saturated rings. The number of aromatic nitrogens is 2. The monoisotopic (exact) mass is 458 g/mol. The van der Waals surface area contributed by atoms with Crippen molar-refractivity contribution in [1.29, 1.82) is 0 Å². The smallest absolute Gasteiger partial charge is 0.243 e. The quantitative estimate of drug-likeness (QED) is 0.588. The number of hydrogen-bond donors (Lipinski definition) is 1. The highest BCUT2D eigenvalue weighted by Crippen LogP contribution is 2.37. The molecule has 0 spiro atoms. The third-order valence-corrected chi connectivity index (χ3v) is 9.21. The standard InChI is InChI=1S/C22H26N4O3S2/c27-31(28,26-10-12-29-13-11-26)19-9-5-4-6-16(19)14-23-21-20-17-7-2-1-3-8-18(17)30-22(20)25-15-24-21/h4-6,9,15H,1-3,7-8,10-14H2,(H,23,24,25). The zero-order chi connectivity index (χ0) is 21.3. The molecule has 3 heterocycles. The van der Waals surface area contributed by atoms with E-state index in [-0.39, 0.29) is 0 Å². The van der Waals surface area contributed by atoms with E-state index in [0.717, 1.165) is 34.4 Å². The Morgan fingerprint density at radius 1 is 1.06 bits per heavy atom. The first-order valence-corrected chi connectivity index (χ1v) is 13.0. The summed E-state index contributed by atoms with van der Waals surface area (Å²) in [4.78, 5) is 11.8. The Kier molecular flexibility index (Phi) is 5.92. The van der Waals surface area contributed by atoms with Crippen molar-refractivity contribution < 1.29 is 13.2 Å². The van der Waals surface area contributed by atoms with Crippen molar-refractivity contribution in [2.75, 3.05) is 31.6 Å². The van der Waals surface area contributed by atoms with Crippen LogP contribution in [-0.4, -0.2) is 49.0 Å². The molecule has 9 heteroatoms. The molecule has 5 rings (SSSR count). The molecule has 3 aromatic rings. The van der Waals surface area contributed by atoms with Gasteiger partial charge in [0, 0.05) is 24.5 Å². The SMILES string of the molecule is O=S(=O)(c1ccccc1CNc1ncnc2sc3c(c12)CCCCC3)N1CCOCC1. The summed E-state index contributed by atoms with van der Waals surface area (Å²) in [6.45, 7) is 2.02. The molecule has 2 aromatic heterocycles. The molecule has 0 unspecified atom stereocenters. The number of hydrogen-bond acceptors (Lipinski definition) is 7. The van der Waals surface area contributed by atoms with E-state index in [1.807, 2.05) is 12.1 Å². The lowest BCUT2D eigenvalue weighted by Crippen LogP contribution is -2.41. The van der Waals surface area contributed by atoms with E-state index in [4.69, 9.17) is 4.74 Å². The molecule has 31 heavy (non-hydrogen) atoms.